The summed E-state index contributed by atoms with van der Waals surface area (Å²) >= 11 is 0.976. The van der Waals surface area contributed by atoms with Crippen LogP contribution in [0.15, 0.2) is 10.4 Å². The van der Waals surface area contributed by atoms with E-state index in [9.17, 15) is 13.2 Å². The van der Waals surface area contributed by atoms with Crippen LogP contribution in [0.25, 0.3) is 0 Å². The Hall–Kier alpha value is -0.620. The van der Waals surface area contributed by atoms with Crippen molar-refractivity contribution in [2.24, 2.45) is 4.99 Å². The van der Waals surface area contributed by atoms with Crippen LogP contribution in [0, 0.1) is 0 Å². The van der Waals surface area contributed by atoms with E-state index in [0.29, 0.717) is 29.6 Å². The van der Waals surface area contributed by atoms with Gasteiger partial charge in [0.05, 0.1) is 6.54 Å². The lowest BCUT2D eigenvalue weighted by Crippen LogP contribution is -2.45. The van der Waals surface area contributed by atoms with E-state index in [1.165, 1.54) is 12.8 Å². The first-order valence-corrected chi connectivity index (χ1v) is 8.95. The number of nitrogens with zero attached hydrogens (tertiary/aromatic N) is 3. The summed E-state index contributed by atoms with van der Waals surface area (Å²) in [5.41, 5.74) is -0.852. The van der Waals surface area contributed by atoms with Crippen LogP contribution in [-0.2, 0) is 12.7 Å². The molecule has 1 aliphatic rings. The van der Waals surface area contributed by atoms with Gasteiger partial charge in [-0.1, -0.05) is 0 Å². The van der Waals surface area contributed by atoms with Gasteiger partial charge in [-0.15, -0.1) is 35.3 Å². The van der Waals surface area contributed by atoms with Crippen molar-refractivity contribution in [1.82, 2.24) is 20.5 Å². The average Bonchev–Trinajstić information content (AvgIpc) is 3.25. The number of halogens is 4. The summed E-state index contributed by atoms with van der Waals surface area (Å²) in [7, 11) is 2.11. The highest BCUT2D eigenvalue weighted by atomic mass is 127. The molecule has 0 aliphatic heterocycles. The number of nitrogens with one attached hydrogen (secondary N) is 2. The van der Waals surface area contributed by atoms with Crippen LogP contribution in [0.4, 0.5) is 13.2 Å². The maximum Gasteiger partial charge on any atom is 0.434 e. The molecule has 1 aromatic rings. The molecule has 1 aliphatic carbocycles. The minimum atomic E-state index is -4.40. The molecule has 1 fully saturated rings. The number of likely N-dealkylation sites (N-methyl/N-ethyl adjacent to an activating group) is 1. The SMILES string of the molecule is CCNC(=NCc1nc(C(F)(F)F)cs1)NCC(C)N(C)C1CC1.I. The van der Waals surface area contributed by atoms with Crippen LogP contribution in [-0.4, -0.2) is 48.1 Å². The Kier molecular flexibility index (Phi) is 8.89. The molecule has 1 aromatic heterocycles. The van der Waals surface area contributed by atoms with Gasteiger partial charge in [-0.05, 0) is 33.7 Å². The van der Waals surface area contributed by atoms with Crippen molar-refractivity contribution in [3.05, 3.63) is 16.1 Å². The van der Waals surface area contributed by atoms with Crippen molar-refractivity contribution in [3.63, 3.8) is 0 Å². The Morgan fingerprint density at radius 3 is 2.64 bits per heavy atom. The van der Waals surface area contributed by atoms with Gasteiger partial charge in [0, 0.05) is 30.6 Å². The summed E-state index contributed by atoms with van der Waals surface area (Å²) in [6.07, 6.45) is -1.90. The zero-order valence-electron chi connectivity index (χ0n) is 14.6. The molecule has 5 nitrogen and oxygen atoms in total. The van der Waals surface area contributed by atoms with Gasteiger partial charge in [-0.3, -0.25) is 4.90 Å². The number of alkyl halides is 3. The maximum absolute atomic E-state index is 12.6. The fourth-order valence-electron chi connectivity index (χ4n) is 2.23. The molecule has 144 valence electrons. The molecule has 0 aromatic carbocycles. The van der Waals surface area contributed by atoms with Gasteiger partial charge < -0.3 is 10.6 Å². The third kappa shape index (κ3) is 7.26. The summed E-state index contributed by atoms with van der Waals surface area (Å²) in [6, 6.07) is 1.04. The number of hydrogen-bond acceptors (Lipinski definition) is 4. The zero-order valence-corrected chi connectivity index (χ0v) is 17.7. The van der Waals surface area contributed by atoms with E-state index in [4.69, 9.17) is 0 Å². The molecule has 1 saturated carbocycles. The normalized spacial score (nSPS) is 16.5. The lowest BCUT2D eigenvalue weighted by molar-refractivity contribution is -0.140. The van der Waals surface area contributed by atoms with Gasteiger partial charge in [-0.25, -0.2) is 9.98 Å². The molecular weight excluding hydrogens is 466 g/mol. The van der Waals surface area contributed by atoms with Crippen molar-refractivity contribution >= 4 is 41.3 Å². The number of thiazole rings is 1. The van der Waals surface area contributed by atoms with Gasteiger partial charge >= 0.3 is 6.18 Å². The van der Waals surface area contributed by atoms with E-state index in [1.54, 1.807) is 0 Å². The summed E-state index contributed by atoms with van der Waals surface area (Å²) in [6.45, 7) is 5.63. The highest BCUT2D eigenvalue weighted by Crippen LogP contribution is 2.30. The van der Waals surface area contributed by atoms with Gasteiger partial charge in [-0.2, -0.15) is 13.2 Å². The van der Waals surface area contributed by atoms with Gasteiger partial charge in [0.15, 0.2) is 11.7 Å². The van der Waals surface area contributed by atoms with E-state index in [2.05, 4.69) is 39.5 Å². The Morgan fingerprint density at radius 2 is 2.12 bits per heavy atom. The third-order valence-corrected chi connectivity index (χ3v) is 4.78. The third-order valence-electron chi connectivity index (χ3n) is 3.94. The summed E-state index contributed by atoms with van der Waals surface area (Å²) in [4.78, 5) is 10.3. The molecule has 10 heteroatoms. The molecular formula is C15H25F3IN5S. The predicted octanol–water partition coefficient (Wildman–Crippen LogP) is 3.32. The molecule has 0 bridgehead atoms. The topological polar surface area (TPSA) is 52.6 Å². The van der Waals surface area contributed by atoms with Crippen LogP contribution in [0.5, 0.6) is 0 Å². The Bertz CT molecular complexity index is 560. The molecule has 0 spiro atoms. The molecule has 2 N–H and O–H groups in total. The molecule has 1 heterocycles. The summed E-state index contributed by atoms with van der Waals surface area (Å²) in [5, 5.41) is 7.72. The second kappa shape index (κ2) is 9.91. The molecule has 1 unspecified atom stereocenters. The first-order valence-electron chi connectivity index (χ1n) is 8.07. The van der Waals surface area contributed by atoms with Gasteiger partial charge in [0.2, 0.25) is 0 Å². The van der Waals surface area contributed by atoms with Crippen LogP contribution in [0.3, 0.4) is 0 Å². The van der Waals surface area contributed by atoms with Crippen LogP contribution < -0.4 is 10.6 Å². The lowest BCUT2D eigenvalue weighted by Gasteiger charge is -2.25. The zero-order chi connectivity index (χ0) is 17.7. The average molecular weight is 491 g/mol. The molecule has 0 amide bonds. The number of aromatic nitrogens is 1. The number of hydrogen-bond donors (Lipinski definition) is 2. The van der Waals surface area contributed by atoms with Crippen LogP contribution in [0.2, 0.25) is 0 Å². The highest BCUT2D eigenvalue weighted by molar-refractivity contribution is 14.0. The van der Waals surface area contributed by atoms with Crippen molar-refractivity contribution in [3.8, 4) is 0 Å². The van der Waals surface area contributed by atoms with Crippen molar-refractivity contribution in [1.29, 1.82) is 0 Å². The first kappa shape index (κ1) is 22.4. The summed E-state index contributed by atoms with van der Waals surface area (Å²) in [5.74, 6) is 0.595. The van der Waals surface area contributed by atoms with E-state index >= 15 is 0 Å². The lowest BCUT2D eigenvalue weighted by atomic mass is 10.3. The predicted molar refractivity (Wildman–Crippen MR) is 106 cm³/mol. The Morgan fingerprint density at radius 1 is 1.44 bits per heavy atom. The molecule has 0 radical (unpaired) electrons. The molecule has 0 saturated heterocycles. The molecule has 1 atom stereocenters. The van der Waals surface area contributed by atoms with E-state index in [-0.39, 0.29) is 30.5 Å². The van der Waals surface area contributed by atoms with Crippen molar-refractivity contribution < 1.29 is 13.2 Å². The minimum absolute atomic E-state index is 0. The fraction of sp³-hybridized carbons (Fsp3) is 0.733. The largest absolute Gasteiger partial charge is 0.434 e. The Balaban J connectivity index is 0.00000312. The van der Waals surface area contributed by atoms with Crippen molar-refractivity contribution in [2.45, 2.75) is 51.5 Å². The quantitative estimate of drug-likeness (QED) is 0.349. The second-order valence-electron chi connectivity index (χ2n) is 5.95. The van der Waals surface area contributed by atoms with E-state index < -0.39 is 11.9 Å². The monoisotopic (exact) mass is 491 g/mol. The standard InChI is InChI=1S/C15H24F3N5S.HI/c1-4-19-14(20-7-10(2)23(3)11-5-6-11)21-8-13-22-12(9-24-13)15(16,17)18;/h9-11H,4-8H2,1-3H3,(H2,19,20,21);1H. The van der Waals surface area contributed by atoms with Crippen LogP contribution in [0.1, 0.15) is 37.4 Å². The minimum Gasteiger partial charge on any atom is -0.357 e. The Labute approximate surface area is 167 Å². The van der Waals surface area contributed by atoms with Crippen LogP contribution >= 0.6 is 35.3 Å². The second-order valence-corrected chi connectivity index (χ2v) is 6.89. The maximum atomic E-state index is 12.6. The summed E-state index contributed by atoms with van der Waals surface area (Å²) < 4.78 is 37.7. The number of guanidine groups is 1. The molecule has 2 rings (SSSR count). The van der Waals surface area contributed by atoms with E-state index in [1.807, 2.05) is 6.92 Å². The van der Waals surface area contributed by atoms with Gasteiger partial charge in [0.25, 0.3) is 0 Å². The fourth-order valence-corrected chi connectivity index (χ4v) is 2.96. The number of aliphatic imine (C=N–C) groups is 1. The first-order chi connectivity index (χ1) is 11.3. The highest BCUT2D eigenvalue weighted by Gasteiger charge is 2.33. The van der Waals surface area contributed by atoms with Crippen molar-refractivity contribution in [2.75, 3.05) is 20.1 Å². The van der Waals surface area contributed by atoms with E-state index in [0.717, 1.165) is 23.3 Å². The van der Waals surface area contributed by atoms with Gasteiger partial charge in [0.1, 0.15) is 5.01 Å². The smallest absolute Gasteiger partial charge is 0.357 e. The molecule has 25 heavy (non-hydrogen) atoms. The number of rotatable bonds is 7.